The molecule has 1 aromatic heterocycles. The van der Waals surface area contributed by atoms with Crippen molar-refractivity contribution in [1.29, 1.82) is 0 Å². The van der Waals surface area contributed by atoms with Gasteiger partial charge in [-0.1, -0.05) is 80.5 Å². The van der Waals surface area contributed by atoms with Gasteiger partial charge in [-0.3, -0.25) is 0 Å². The van der Waals surface area contributed by atoms with Crippen LogP contribution in [-0.2, 0) is 37.3 Å². The van der Waals surface area contributed by atoms with E-state index in [0.717, 1.165) is 22.4 Å². The largest absolute Gasteiger partial charge is 0.509 e. The molecule has 0 radical (unpaired) electrons. The maximum atomic E-state index is 6.47. The molecule has 44 heavy (non-hydrogen) atoms. The Labute approximate surface area is 278 Å². The van der Waals surface area contributed by atoms with E-state index in [1.165, 1.54) is 22.5 Å². The molecule has 1 fully saturated rings. The monoisotopic (exact) mass is 769 g/mol. The van der Waals surface area contributed by atoms with Gasteiger partial charge in [0.1, 0.15) is 0 Å². The minimum absolute atomic E-state index is 0. The van der Waals surface area contributed by atoms with Crippen LogP contribution in [0.5, 0.6) is 23.1 Å². The zero-order valence-electron chi connectivity index (χ0n) is 27.6. The number of ether oxygens (including phenoxy) is 2. The summed E-state index contributed by atoms with van der Waals surface area (Å²) in [4.78, 5) is 4.41. The third kappa shape index (κ3) is 5.87. The van der Waals surface area contributed by atoms with Gasteiger partial charge in [0.15, 0.2) is 18.0 Å². The zero-order chi connectivity index (χ0) is 31.0. The second-order valence-electron chi connectivity index (χ2n) is 15.4. The summed E-state index contributed by atoms with van der Waals surface area (Å²) in [5.41, 5.74) is 7.53. The fourth-order valence-electron chi connectivity index (χ4n) is 6.10. The molecule has 7 rings (SSSR count). The van der Waals surface area contributed by atoms with Crippen molar-refractivity contribution in [2.24, 2.45) is 0 Å². The molecule has 3 aliphatic rings. The van der Waals surface area contributed by atoms with Gasteiger partial charge in [0.05, 0.1) is 13.7 Å². The van der Waals surface area contributed by atoms with Crippen molar-refractivity contribution >= 4 is 17.1 Å². The first kappa shape index (κ1) is 32.4. The molecule has 3 aliphatic heterocycles. The quantitative estimate of drug-likeness (QED) is 0.150. The van der Waals surface area contributed by atoms with Crippen LogP contribution < -0.4 is 18.4 Å². The molecule has 1 saturated heterocycles. The van der Waals surface area contributed by atoms with Crippen LogP contribution in [0.3, 0.4) is 0 Å². The van der Waals surface area contributed by atoms with E-state index < -0.39 is 0 Å². The van der Waals surface area contributed by atoms with E-state index in [1.807, 2.05) is 30.3 Å². The van der Waals surface area contributed by atoms with Gasteiger partial charge in [0.2, 0.25) is 5.88 Å². The number of hydrogen-bond acceptors (Lipinski definition) is 3. The average Bonchev–Trinajstić information content (AvgIpc) is 3.30. The summed E-state index contributed by atoms with van der Waals surface area (Å²) in [7, 11) is 2.30. The predicted octanol–water partition coefficient (Wildman–Crippen LogP) is 9.84. The normalized spacial score (nSPS) is 20.8. The van der Waals surface area contributed by atoms with Crippen LogP contribution in [0.4, 0.5) is 17.1 Å². The second kappa shape index (κ2) is 10.8. The van der Waals surface area contributed by atoms with Gasteiger partial charge in [-0.15, -0.1) is 29.8 Å². The number of hydrogen-bond donors (Lipinski definition) is 0. The number of nitrogens with zero attached hydrogens (tertiary/aromatic N) is 3. The minimum atomic E-state index is -0.0691. The van der Waals surface area contributed by atoms with Crippen LogP contribution in [0.15, 0.2) is 66.9 Å². The standard InChI is InChI=1S/C38H44N3O2.Pt/c1-36(2,3)26-14-15-33-34(20-26)40(10)24-41(33,25-40)29-18-28(38(7,8)9)19-32(22-29)42-30-12-11-13-31(23-30)43-35-21-27(16-17-39-35)37(4,5)6;/h11-21,24H,25H2,1-10H3;/q-1;/t40-,41+;/m0./s1. The summed E-state index contributed by atoms with van der Waals surface area (Å²) in [6.07, 6.45) is 1.79. The molecule has 3 aromatic carbocycles. The van der Waals surface area contributed by atoms with Gasteiger partial charge in [0, 0.05) is 68.4 Å². The SMILES string of the molecule is CC(C)(C)c1cc(Oc2[c-]c(Oc3cc(C(C)(C)C)ccn3)ccc2)[c-]c([N@@+]23[CH-][N@@+](C)(C2)c2cc(C(C)(C)C)ccc23)c1.[Pt]. The number of pyridine rings is 1. The molecule has 4 aromatic rings. The minimum Gasteiger partial charge on any atom is -0.509 e. The van der Waals surface area contributed by atoms with E-state index >= 15 is 0 Å². The molecule has 0 N–H and O–H groups in total. The van der Waals surface area contributed by atoms with E-state index in [0.29, 0.717) is 27.6 Å². The first-order valence-corrected chi connectivity index (χ1v) is 15.2. The smallest absolute Gasteiger partial charge is 0.216 e. The van der Waals surface area contributed by atoms with Gasteiger partial charge >= 0.3 is 0 Å². The Hall–Kier alpha value is -2.98. The predicted molar refractivity (Wildman–Crippen MR) is 176 cm³/mol. The third-order valence-electron chi connectivity index (χ3n) is 8.69. The second-order valence-corrected chi connectivity index (χ2v) is 15.4. The van der Waals surface area contributed by atoms with Crippen LogP contribution in [0, 0.1) is 18.8 Å². The van der Waals surface area contributed by atoms with Crippen molar-refractivity contribution in [3.05, 3.63) is 102 Å². The molecule has 0 aliphatic carbocycles. The van der Waals surface area contributed by atoms with Gasteiger partial charge in [0.25, 0.3) is 0 Å². The Morgan fingerprint density at radius 2 is 1.30 bits per heavy atom. The summed E-state index contributed by atoms with van der Waals surface area (Å²) in [5, 5.41) is 0. The number of aromatic nitrogens is 1. The maximum Gasteiger partial charge on any atom is 0.216 e. The van der Waals surface area contributed by atoms with Gasteiger partial charge in [-0.05, 0) is 33.4 Å². The maximum absolute atomic E-state index is 6.47. The van der Waals surface area contributed by atoms with Crippen molar-refractivity contribution in [3.8, 4) is 23.1 Å². The summed E-state index contributed by atoms with van der Waals surface area (Å²) in [5.74, 6) is 2.34. The van der Waals surface area contributed by atoms with Crippen LogP contribution >= 0.6 is 0 Å². The molecule has 2 atom stereocenters. The zero-order valence-corrected chi connectivity index (χ0v) is 29.9. The third-order valence-corrected chi connectivity index (χ3v) is 8.69. The fourth-order valence-corrected chi connectivity index (χ4v) is 6.10. The molecular weight excluding hydrogens is 726 g/mol. The van der Waals surface area contributed by atoms with Crippen molar-refractivity contribution in [1.82, 2.24) is 14.0 Å². The molecule has 4 heterocycles. The van der Waals surface area contributed by atoms with Crippen molar-refractivity contribution < 1.29 is 30.5 Å². The van der Waals surface area contributed by atoms with Crippen LogP contribution in [-0.4, -0.2) is 18.7 Å². The molecule has 0 amide bonds. The van der Waals surface area contributed by atoms with Crippen LogP contribution in [0.1, 0.15) is 79.0 Å². The molecular formula is C38H44N3O2Pt-. The first-order chi connectivity index (χ1) is 20.0. The number of benzene rings is 3. The molecule has 234 valence electrons. The van der Waals surface area contributed by atoms with Crippen LogP contribution in [0.2, 0.25) is 0 Å². The van der Waals surface area contributed by atoms with Crippen LogP contribution in [0.25, 0.3) is 0 Å². The average molecular weight is 770 g/mol. The summed E-state index contributed by atoms with van der Waals surface area (Å²) in [6, 6.07) is 28.1. The number of quaternary nitrogens is 2. The number of rotatable bonds is 5. The van der Waals surface area contributed by atoms with Crippen molar-refractivity contribution in [2.75, 3.05) is 13.7 Å². The Morgan fingerprint density at radius 1 is 0.682 bits per heavy atom. The molecule has 6 heteroatoms. The molecule has 2 bridgehead atoms. The van der Waals surface area contributed by atoms with E-state index in [2.05, 4.69) is 123 Å². The van der Waals surface area contributed by atoms with E-state index in [9.17, 15) is 0 Å². The van der Waals surface area contributed by atoms with E-state index in [4.69, 9.17) is 9.47 Å². The Bertz CT molecular complexity index is 1700. The molecule has 0 unspecified atom stereocenters. The topological polar surface area (TPSA) is 31.4 Å². The van der Waals surface area contributed by atoms with Gasteiger partial charge < -0.3 is 18.4 Å². The Kier molecular flexibility index (Phi) is 7.97. The molecule has 5 nitrogen and oxygen atoms in total. The Balaban J connectivity index is 0.00000384. The molecule has 0 spiro atoms. The van der Waals surface area contributed by atoms with Gasteiger partial charge in [-0.25, -0.2) is 4.98 Å². The van der Waals surface area contributed by atoms with E-state index in [1.54, 1.807) is 6.20 Å². The van der Waals surface area contributed by atoms with Gasteiger partial charge in [-0.2, -0.15) is 6.07 Å². The molecule has 0 saturated carbocycles. The Morgan fingerprint density at radius 3 is 1.93 bits per heavy atom. The van der Waals surface area contributed by atoms with Crippen molar-refractivity contribution in [2.45, 2.75) is 78.6 Å². The fraction of sp³-hybridized carbons (Fsp3) is 0.368. The van der Waals surface area contributed by atoms with E-state index in [-0.39, 0.29) is 37.3 Å². The summed E-state index contributed by atoms with van der Waals surface area (Å²) >= 11 is 0. The summed E-state index contributed by atoms with van der Waals surface area (Å²) < 4.78 is 14.1. The summed E-state index contributed by atoms with van der Waals surface area (Å²) in [6.45, 7) is 23.4. The van der Waals surface area contributed by atoms with Crippen molar-refractivity contribution in [3.63, 3.8) is 0 Å². The first-order valence-electron chi connectivity index (χ1n) is 15.2.